The summed E-state index contributed by atoms with van der Waals surface area (Å²) in [5, 5.41) is 12.2. The SMILES string of the molecule is Cc1cc(I)ccc1NC(=O)CSc1nncn1-c1cccc(Cl)c1. The predicted octanol–water partition coefficient (Wildman–Crippen LogP) is 4.56. The van der Waals surface area contributed by atoms with E-state index in [-0.39, 0.29) is 11.7 Å². The highest BCUT2D eigenvalue weighted by molar-refractivity contribution is 14.1. The highest BCUT2D eigenvalue weighted by Gasteiger charge is 2.11. The Morgan fingerprint density at radius 1 is 1.32 bits per heavy atom. The number of nitrogens with one attached hydrogen (secondary N) is 1. The highest BCUT2D eigenvalue weighted by Crippen LogP contribution is 2.22. The van der Waals surface area contributed by atoms with Crippen LogP contribution in [0.4, 0.5) is 5.69 Å². The number of halogens is 2. The number of carbonyl (C=O) groups excluding carboxylic acids is 1. The van der Waals surface area contributed by atoms with E-state index in [2.05, 4.69) is 38.1 Å². The molecule has 128 valence electrons. The largest absolute Gasteiger partial charge is 0.325 e. The molecule has 3 rings (SSSR count). The number of aromatic nitrogens is 3. The number of benzene rings is 2. The lowest BCUT2D eigenvalue weighted by Gasteiger charge is -2.09. The van der Waals surface area contributed by atoms with E-state index in [9.17, 15) is 4.79 Å². The Balaban J connectivity index is 1.66. The van der Waals surface area contributed by atoms with Crippen molar-refractivity contribution >= 4 is 57.5 Å². The maximum atomic E-state index is 12.2. The van der Waals surface area contributed by atoms with Crippen molar-refractivity contribution in [3.05, 3.63) is 62.9 Å². The van der Waals surface area contributed by atoms with Crippen LogP contribution in [0.1, 0.15) is 5.56 Å². The van der Waals surface area contributed by atoms with Crippen LogP contribution >= 0.6 is 46.0 Å². The molecule has 0 unspecified atom stereocenters. The standard InChI is InChI=1S/C17H14ClIN4OS/c1-11-7-13(19)5-6-15(11)21-16(24)9-25-17-22-20-10-23(17)14-4-2-3-12(18)8-14/h2-8,10H,9H2,1H3,(H,21,24). The topological polar surface area (TPSA) is 59.8 Å². The van der Waals surface area contributed by atoms with E-state index >= 15 is 0 Å². The van der Waals surface area contributed by atoms with E-state index in [0.29, 0.717) is 10.2 Å². The fourth-order valence-electron chi connectivity index (χ4n) is 2.21. The number of anilines is 1. The molecule has 0 saturated heterocycles. The average molecular weight is 485 g/mol. The van der Waals surface area contributed by atoms with Gasteiger partial charge in [-0.25, -0.2) is 0 Å². The lowest BCUT2D eigenvalue weighted by Crippen LogP contribution is -2.15. The fraction of sp³-hybridized carbons (Fsp3) is 0.118. The number of carbonyl (C=O) groups is 1. The van der Waals surface area contributed by atoms with Gasteiger partial charge in [-0.05, 0) is 71.5 Å². The van der Waals surface area contributed by atoms with Crippen LogP contribution in [-0.4, -0.2) is 26.4 Å². The molecule has 2 aromatic carbocycles. The van der Waals surface area contributed by atoms with Crippen molar-refractivity contribution in [1.82, 2.24) is 14.8 Å². The van der Waals surface area contributed by atoms with Gasteiger partial charge in [-0.3, -0.25) is 9.36 Å². The minimum Gasteiger partial charge on any atom is -0.325 e. The fourth-order valence-corrected chi connectivity index (χ4v) is 3.77. The average Bonchev–Trinajstić information content (AvgIpc) is 3.04. The van der Waals surface area contributed by atoms with Crippen molar-refractivity contribution in [1.29, 1.82) is 0 Å². The van der Waals surface area contributed by atoms with Gasteiger partial charge in [-0.1, -0.05) is 29.4 Å². The Labute approximate surface area is 168 Å². The molecule has 0 radical (unpaired) electrons. The molecule has 0 saturated carbocycles. The van der Waals surface area contributed by atoms with Crippen LogP contribution in [0.5, 0.6) is 0 Å². The van der Waals surface area contributed by atoms with Crippen LogP contribution in [0.25, 0.3) is 5.69 Å². The summed E-state index contributed by atoms with van der Waals surface area (Å²) < 4.78 is 2.94. The van der Waals surface area contributed by atoms with Crippen LogP contribution in [0.3, 0.4) is 0 Å². The van der Waals surface area contributed by atoms with Crippen LogP contribution < -0.4 is 5.32 Å². The molecule has 25 heavy (non-hydrogen) atoms. The number of amides is 1. The maximum absolute atomic E-state index is 12.2. The van der Waals surface area contributed by atoms with Crippen LogP contribution in [0, 0.1) is 10.5 Å². The quantitative estimate of drug-likeness (QED) is 0.426. The summed E-state index contributed by atoms with van der Waals surface area (Å²) in [6.45, 7) is 1.97. The second kappa shape index (κ2) is 8.20. The molecule has 3 aromatic rings. The summed E-state index contributed by atoms with van der Waals surface area (Å²) >= 11 is 9.60. The summed E-state index contributed by atoms with van der Waals surface area (Å²) in [6, 6.07) is 13.3. The predicted molar refractivity (Wildman–Crippen MR) is 110 cm³/mol. The summed E-state index contributed by atoms with van der Waals surface area (Å²) in [5.41, 5.74) is 2.71. The molecule has 1 aromatic heterocycles. The Morgan fingerprint density at radius 2 is 2.16 bits per heavy atom. The molecular weight excluding hydrogens is 471 g/mol. The normalized spacial score (nSPS) is 10.7. The molecule has 0 bridgehead atoms. The van der Waals surface area contributed by atoms with Gasteiger partial charge in [0, 0.05) is 14.3 Å². The zero-order valence-corrected chi connectivity index (χ0v) is 17.0. The van der Waals surface area contributed by atoms with Crippen molar-refractivity contribution < 1.29 is 4.79 Å². The van der Waals surface area contributed by atoms with Crippen LogP contribution in [0.15, 0.2) is 53.9 Å². The molecule has 5 nitrogen and oxygen atoms in total. The first kappa shape index (κ1) is 18.2. The smallest absolute Gasteiger partial charge is 0.234 e. The number of aryl methyl sites for hydroxylation is 1. The highest BCUT2D eigenvalue weighted by atomic mass is 127. The second-order valence-corrected chi connectivity index (χ2v) is 7.88. The van der Waals surface area contributed by atoms with Crippen molar-refractivity contribution in [2.24, 2.45) is 0 Å². The van der Waals surface area contributed by atoms with Crippen molar-refractivity contribution in [3.8, 4) is 5.69 Å². The molecule has 0 aliphatic rings. The first-order chi connectivity index (χ1) is 12.0. The number of hydrogen-bond donors (Lipinski definition) is 1. The molecule has 0 fully saturated rings. The Morgan fingerprint density at radius 3 is 2.92 bits per heavy atom. The number of nitrogens with zero attached hydrogens (tertiary/aromatic N) is 3. The van der Waals surface area contributed by atoms with Crippen molar-refractivity contribution in [2.45, 2.75) is 12.1 Å². The molecule has 8 heteroatoms. The first-order valence-corrected chi connectivity index (χ1v) is 9.82. The maximum Gasteiger partial charge on any atom is 0.234 e. The van der Waals surface area contributed by atoms with E-state index in [1.165, 1.54) is 11.8 Å². The van der Waals surface area contributed by atoms with Gasteiger partial charge in [0.2, 0.25) is 5.91 Å². The zero-order chi connectivity index (χ0) is 17.8. The van der Waals surface area contributed by atoms with Gasteiger partial charge in [-0.15, -0.1) is 10.2 Å². The first-order valence-electron chi connectivity index (χ1n) is 7.38. The number of hydrogen-bond acceptors (Lipinski definition) is 4. The molecular formula is C17H14ClIN4OS. The molecule has 1 N–H and O–H groups in total. The Bertz CT molecular complexity index is 915. The summed E-state index contributed by atoms with van der Waals surface area (Å²) in [6.07, 6.45) is 1.61. The Kier molecular flexibility index (Phi) is 5.98. The minimum atomic E-state index is -0.0880. The molecule has 1 heterocycles. The van der Waals surface area contributed by atoms with E-state index in [4.69, 9.17) is 11.6 Å². The van der Waals surface area contributed by atoms with Gasteiger partial charge in [0.25, 0.3) is 0 Å². The molecule has 0 aliphatic carbocycles. The third kappa shape index (κ3) is 4.74. The molecule has 0 spiro atoms. The third-order valence-corrected chi connectivity index (χ3v) is 5.25. The van der Waals surface area contributed by atoms with Crippen LogP contribution in [0.2, 0.25) is 5.02 Å². The van der Waals surface area contributed by atoms with Gasteiger partial charge in [0.15, 0.2) is 5.16 Å². The third-order valence-electron chi connectivity index (χ3n) is 3.40. The lowest BCUT2D eigenvalue weighted by atomic mass is 10.2. The van der Waals surface area contributed by atoms with Gasteiger partial charge in [-0.2, -0.15) is 0 Å². The lowest BCUT2D eigenvalue weighted by molar-refractivity contribution is -0.113. The minimum absolute atomic E-state index is 0.0880. The number of rotatable bonds is 5. The van der Waals surface area contributed by atoms with E-state index in [0.717, 1.165) is 20.5 Å². The van der Waals surface area contributed by atoms with Crippen molar-refractivity contribution in [2.75, 3.05) is 11.1 Å². The van der Waals surface area contributed by atoms with E-state index in [1.54, 1.807) is 17.0 Å². The van der Waals surface area contributed by atoms with Gasteiger partial charge < -0.3 is 5.32 Å². The molecule has 0 aliphatic heterocycles. The van der Waals surface area contributed by atoms with E-state index < -0.39 is 0 Å². The van der Waals surface area contributed by atoms with Gasteiger partial charge in [0.1, 0.15) is 6.33 Å². The van der Waals surface area contributed by atoms with Gasteiger partial charge in [0.05, 0.1) is 11.4 Å². The summed E-state index contributed by atoms with van der Waals surface area (Å²) in [5.74, 6) is 0.153. The monoisotopic (exact) mass is 484 g/mol. The summed E-state index contributed by atoms with van der Waals surface area (Å²) in [7, 11) is 0. The van der Waals surface area contributed by atoms with Gasteiger partial charge >= 0.3 is 0 Å². The second-order valence-electron chi connectivity index (χ2n) is 5.26. The molecule has 0 atom stereocenters. The molecule has 1 amide bonds. The van der Waals surface area contributed by atoms with Crippen LogP contribution in [-0.2, 0) is 4.79 Å². The van der Waals surface area contributed by atoms with Crippen molar-refractivity contribution in [3.63, 3.8) is 0 Å². The number of thioether (sulfide) groups is 1. The summed E-state index contributed by atoms with van der Waals surface area (Å²) in [4.78, 5) is 12.2. The zero-order valence-electron chi connectivity index (χ0n) is 13.2. The van der Waals surface area contributed by atoms with E-state index in [1.807, 2.05) is 43.3 Å². The Hall–Kier alpha value is -1.58.